The molecule has 3 aliphatic heterocycles. The van der Waals surface area contributed by atoms with E-state index >= 15 is 0 Å². The van der Waals surface area contributed by atoms with Crippen LogP contribution < -0.4 is 0 Å². The summed E-state index contributed by atoms with van der Waals surface area (Å²) in [4.78, 5) is 0. The second-order valence-electron chi connectivity index (χ2n) is 23.1. The molecule has 0 aromatic heterocycles. The highest BCUT2D eigenvalue weighted by molar-refractivity contribution is 5.32. The predicted octanol–water partition coefficient (Wildman–Crippen LogP) is -1.06. The van der Waals surface area contributed by atoms with Gasteiger partial charge in [0.05, 0.1) is 43.7 Å². The van der Waals surface area contributed by atoms with Crippen molar-refractivity contribution < 1.29 is 94.8 Å². The Balaban J connectivity index is 1.01. The Morgan fingerprint density at radius 3 is 1.79 bits per heavy atom. The minimum absolute atomic E-state index is 0.0596. The van der Waals surface area contributed by atoms with Gasteiger partial charge in [-0.2, -0.15) is 0 Å². The predicted molar refractivity (Wildman–Crippen MR) is 235 cm³/mol. The molecule has 0 bridgehead atoms. The fourth-order valence-electron chi connectivity index (χ4n) is 14.2. The third-order valence-corrected chi connectivity index (χ3v) is 18.7. The van der Waals surface area contributed by atoms with Gasteiger partial charge in [0.1, 0.15) is 73.2 Å². The molecular weight excluding hydrogens is 881 g/mol. The van der Waals surface area contributed by atoms with E-state index in [1.807, 2.05) is 0 Å². The van der Waals surface area contributed by atoms with E-state index in [1.165, 1.54) is 5.57 Å². The van der Waals surface area contributed by atoms with Crippen LogP contribution >= 0.6 is 0 Å². The molecule has 3 heterocycles. The molecule has 0 aromatic rings. The summed E-state index contributed by atoms with van der Waals surface area (Å²) in [6.07, 6.45) is -16.7. The van der Waals surface area contributed by atoms with Crippen LogP contribution in [0.3, 0.4) is 0 Å². The first-order chi connectivity index (χ1) is 31.2. The molecule has 6 fully saturated rings. The van der Waals surface area contributed by atoms with Gasteiger partial charge < -0.3 is 94.8 Å². The molecule has 0 amide bonds. The Hall–Kier alpha value is -1.02. The minimum atomic E-state index is -1.75. The molecule has 19 heteroatoms. The minimum Gasteiger partial charge on any atom is -0.394 e. The van der Waals surface area contributed by atoms with Crippen molar-refractivity contribution in [2.24, 2.45) is 45.3 Å². The maximum atomic E-state index is 12.6. The van der Waals surface area contributed by atoms with E-state index in [2.05, 4.69) is 47.6 Å². The van der Waals surface area contributed by atoms with Crippen LogP contribution in [0.5, 0.6) is 0 Å². The first-order valence-electron chi connectivity index (χ1n) is 24.5. The molecule has 3 saturated carbocycles. The highest BCUT2D eigenvalue weighted by atomic mass is 16.7. The first-order valence-corrected chi connectivity index (χ1v) is 24.5. The number of aliphatic hydroxyl groups excluding tert-OH is 12. The Morgan fingerprint density at radius 1 is 0.672 bits per heavy atom. The van der Waals surface area contributed by atoms with Gasteiger partial charge in [-0.05, 0) is 99.7 Å². The SMILES string of the molecule is C[C@H](CC[C@@H](O[C@@H]1O[C@H](CO[C@@H]2O[C@H](CO)[C@@H](O)[C@H](O)[C@H]2O)[C@@H](O)[C@H](O)[C@H]1O)C(C)(C)O)[C@H]1CC[C@@]2(C)[C@@H]3CC=C4[C@H](CC[C@H](O[C@@H]5O[C@H](CO)[C@@H](O)[C@H](O)[C@H]5O)C4(C)C)[C@@]3(C)[C@H](O)C[C@@]12C. The van der Waals surface area contributed by atoms with Crippen molar-refractivity contribution in [3.63, 3.8) is 0 Å². The first kappa shape index (κ1) is 53.8. The molecule has 0 spiro atoms. The third-order valence-electron chi connectivity index (χ3n) is 18.7. The van der Waals surface area contributed by atoms with E-state index in [1.54, 1.807) is 13.8 Å². The van der Waals surface area contributed by atoms with Crippen molar-refractivity contribution >= 4 is 0 Å². The lowest BCUT2D eigenvalue weighted by molar-refractivity contribution is -0.341. The normalized spacial score (nSPS) is 51.0. The third kappa shape index (κ3) is 9.24. The number of allylic oxidation sites excluding steroid dienone is 1. The van der Waals surface area contributed by atoms with Crippen LogP contribution in [0.25, 0.3) is 0 Å². The van der Waals surface area contributed by atoms with E-state index in [9.17, 15) is 66.4 Å². The summed E-state index contributed by atoms with van der Waals surface area (Å²) in [5, 5.41) is 138. The topological polar surface area (TPSA) is 318 Å². The molecule has 0 radical (unpaired) electrons. The highest BCUT2D eigenvalue weighted by Crippen LogP contribution is 2.75. The average molecular weight is 963 g/mol. The molecule has 19 nitrogen and oxygen atoms in total. The van der Waals surface area contributed by atoms with Gasteiger partial charge in [0.15, 0.2) is 18.9 Å². The summed E-state index contributed by atoms with van der Waals surface area (Å²) in [6, 6.07) is 0. The van der Waals surface area contributed by atoms with Gasteiger partial charge in [-0.3, -0.25) is 0 Å². The Labute approximate surface area is 393 Å². The monoisotopic (exact) mass is 963 g/mol. The molecule has 7 rings (SSSR count). The lowest BCUT2D eigenvalue weighted by Gasteiger charge is -2.67. The van der Waals surface area contributed by atoms with E-state index in [0.717, 1.165) is 25.7 Å². The second kappa shape index (κ2) is 19.8. The highest BCUT2D eigenvalue weighted by Gasteiger charge is 2.70. The smallest absolute Gasteiger partial charge is 0.187 e. The van der Waals surface area contributed by atoms with Crippen LogP contribution in [0.4, 0.5) is 0 Å². The van der Waals surface area contributed by atoms with Crippen molar-refractivity contribution in [1.29, 1.82) is 0 Å². The zero-order valence-electron chi connectivity index (χ0n) is 40.3. The average Bonchev–Trinajstić information content (AvgIpc) is 3.54. The maximum Gasteiger partial charge on any atom is 0.187 e. The number of hydrogen-bond donors (Lipinski definition) is 13. The molecule has 0 unspecified atom stereocenters. The van der Waals surface area contributed by atoms with Gasteiger partial charge in [0.2, 0.25) is 0 Å². The van der Waals surface area contributed by atoms with Gasteiger partial charge in [0.25, 0.3) is 0 Å². The fourth-order valence-corrected chi connectivity index (χ4v) is 14.2. The molecule has 3 saturated heterocycles. The largest absolute Gasteiger partial charge is 0.394 e. The molecule has 7 aliphatic rings. The number of rotatable bonds is 14. The summed E-state index contributed by atoms with van der Waals surface area (Å²) < 4.78 is 35.3. The molecule has 4 aliphatic carbocycles. The van der Waals surface area contributed by atoms with Gasteiger partial charge in [-0.1, -0.05) is 53.2 Å². The quantitative estimate of drug-likeness (QED) is 0.0924. The molecule has 67 heavy (non-hydrogen) atoms. The molecule has 13 N–H and O–H groups in total. The lowest BCUT2D eigenvalue weighted by atomic mass is 9.38. The summed E-state index contributed by atoms with van der Waals surface area (Å²) in [5.41, 5.74) is -1.60. The van der Waals surface area contributed by atoms with E-state index in [0.29, 0.717) is 25.7 Å². The molecular formula is C48H82O19. The van der Waals surface area contributed by atoms with Gasteiger partial charge in [-0.25, -0.2) is 0 Å². The van der Waals surface area contributed by atoms with E-state index in [4.69, 9.17) is 28.4 Å². The Morgan fingerprint density at radius 2 is 1.21 bits per heavy atom. The van der Waals surface area contributed by atoms with E-state index < -0.39 is 147 Å². The van der Waals surface area contributed by atoms with Crippen LogP contribution in [0.15, 0.2) is 11.6 Å². The lowest BCUT2D eigenvalue weighted by Crippen LogP contribution is -2.65. The molecule has 25 atom stereocenters. The van der Waals surface area contributed by atoms with Crippen LogP contribution in [-0.2, 0) is 28.4 Å². The number of fused-ring (bicyclic) bond motifs is 5. The maximum absolute atomic E-state index is 12.6. The molecule has 388 valence electrons. The summed E-state index contributed by atoms with van der Waals surface area (Å²) in [5.74, 6) is 0.547. The Kier molecular flexibility index (Phi) is 15.9. The van der Waals surface area contributed by atoms with Crippen LogP contribution in [0.1, 0.15) is 107 Å². The van der Waals surface area contributed by atoms with Crippen LogP contribution in [0.2, 0.25) is 0 Å². The van der Waals surface area contributed by atoms with Gasteiger partial charge in [-0.15, -0.1) is 0 Å². The van der Waals surface area contributed by atoms with E-state index in [-0.39, 0.29) is 34.5 Å². The van der Waals surface area contributed by atoms with Crippen molar-refractivity contribution in [2.75, 3.05) is 19.8 Å². The van der Waals surface area contributed by atoms with Crippen molar-refractivity contribution in [2.45, 2.75) is 223 Å². The zero-order valence-corrected chi connectivity index (χ0v) is 40.3. The number of hydrogen-bond acceptors (Lipinski definition) is 19. The summed E-state index contributed by atoms with van der Waals surface area (Å²) in [7, 11) is 0. The number of ether oxygens (including phenoxy) is 6. The molecule has 0 aromatic carbocycles. The number of aliphatic hydroxyl groups is 13. The van der Waals surface area contributed by atoms with Crippen LogP contribution in [-0.4, -0.2) is 202 Å². The second-order valence-corrected chi connectivity index (χ2v) is 23.1. The summed E-state index contributed by atoms with van der Waals surface area (Å²) >= 11 is 0. The fraction of sp³-hybridized carbons (Fsp3) is 0.958. The Bertz CT molecular complexity index is 1710. The van der Waals surface area contributed by atoms with Crippen molar-refractivity contribution in [1.82, 2.24) is 0 Å². The van der Waals surface area contributed by atoms with Gasteiger partial charge >= 0.3 is 0 Å². The van der Waals surface area contributed by atoms with Crippen molar-refractivity contribution in [3.8, 4) is 0 Å². The van der Waals surface area contributed by atoms with Crippen molar-refractivity contribution in [3.05, 3.63) is 11.6 Å². The van der Waals surface area contributed by atoms with Gasteiger partial charge in [0, 0.05) is 10.8 Å². The summed E-state index contributed by atoms with van der Waals surface area (Å²) in [6.45, 7) is 14.8. The zero-order chi connectivity index (χ0) is 49.5. The standard InChI is InChI=1S/C48H82O19/c1-21(9-13-31(45(4,5)61)67-43-40(60)37(57)34(54)27(65-43)20-62-41-38(58)35(55)32(52)25(18-49)63-41)22-15-16-46(6)28-12-10-23-24(48(28,8)29(51)17-47(22,46)7)11-14-30(44(23,2)3)66-42-39(59)36(56)33(53)26(19-50)64-42/h10,21-22,24-43,49-61H,9,11-20H2,1-8H3/t21-,22-,24+,25-,26-,27-,28+,29-,30+,31-,32-,33-,34-,35+,36+,37+,38-,39-,40-,41-,42+,43+,46+,47+,48-/m1/s1. The van der Waals surface area contributed by atoms with Crippen LogP contribution in [0, 0.1) is 45.3 Å².